The van der Waals surface area contributed by atoms with Gasteiger partial charge in [0.1, 0.15) is 0 Å². The molecular weight excluding hydrogens is 236 g/mol. The van der Waals surface area contributed by atoms with E-state index >= 15 is 0 Å². The molecule has 3 rings (SSSR count). The number of pyridine rings is 1. The molecule has 1 atom stereocenters. The summed E-state index contributed by atoms with van der Waals surface area (Å²) in [5.74, 6) is 0.0828. The molecule has 1 fully saturated rings. The Bertz CT molecular complexity index is 553. The summed E-state index contributed by atoms with van der Waals surface area (Å²) in [7, 11) is 0. The molecule has 3 heteroatoms. The van der Waals surface area contributed by atoms with Gasteiger partial charge in [-0.25, -0.2) is 0 Å². The zero-order valence-corrected chi connectivity index (χ0v) is 10.7. The fourth-order valence-corrected chi connectivity index (χ4v) is 2.69. The van der Waals surface area contributed by atoms with Crippen LogP contribution in [-0.2, 0) is 0 Å². The van der Waals surface area contributed by atoms with Crippen molar-refractivity contribution in [2.24, 2.45) is 0 Å². The lowest BCUT2D eigenvalue weighted by Crippen LogP contribution is -2.30. The summed E-state index contributed by atoms with van der Waals surface area (Å²) in [5.41, 5.74) is 1.89. The van der Waals surface area contributed by atoms with Gasteiger partial charge in [0.15, 0.2) is 0 Å². The molecule has 1 aromatic heterocycles. The van der Waals surface area contributed by atoms with Crippen LogP contribution in [0.4, 0.5) is 0 Å². The molecule has 1 aromatic carbocycles. The van der Waals surface area contributed by atoms with Crippen molar-refractivity contribution in [3.8, 4) is 0 Å². The minimum Gasteiger partial charge on any atom is -0.332 e. The van der Waals surface area contributed by atoms with Gasteiger partial charge < -0.3 is 4.90 Å². The van der Waals surface area contributed by atoms with E-state index in [4.69, 9.17) is 0 Å². The van der Waals surface area contributed by atoms with E-state index in [1.165, 1.54) is 5.56 Å². The molecule has 1 amide bonds. The summed E-state index contributed by atoms with van der Waals surface area (Å²) in [4.78, 5) is 18.5. The second kappa shape index (κ2) is 5.22. The Hall–Kier alpha value is -2.16. The Morgan fingerprint density at radius 1 is 1.16 bits per heavy atom. The zero-order chi connectivity index (χ0) is 13.1. The summed E-state index contributed by atoms with van der Waals surface area (Å²) < 4.78 is 0. The standard InChI is InChI=1S/C16H16N2O/c19-16(14-8-4-10-17-12-14)18-11-5-9-15(18)13-6-2-1-3-7-13/h1-4,6-8,10,12,15H,5,9,11H2. The average Bonchev–Trinajstić information content (AvgIpc) is 2.98. The fourth-order valence-electron chi connectivity index (χ4n) is 2.69. The van der Waals surface area contributed by atoms with E-state index in [1.54, 1.807) is 18.5 Å². The summed E-state index contributed by atoms with van der Waals surface area (Å²) in [6.45, 7) is 0.827. The first-order valence-electron chi connectivity index (χ1n) is 6.62. The maximum absolute atomic E-state index is 12.5. The van der Waals surface area contributed by atoms with Crippen molar-refractivity contribution in [1.82, 2.24) is 9.88 Å². The lowest BCUT2D eigenvalue weighted by Gasteiger charge is -2.25. The van der Waals surface area contributed by atoms with Crippen LogP contribution in [0.25, 0.3) is 0 Å². The fraction of sp³-hybridized carbons (Fsp3) is 0.250. The maximum atomic E-state index is 12.5. The minimum absolute atomic E-state index is 0.0828. The molecule has 0 N–H and O–H groups in total. The van der Waals surface area contributed by atoms with E-state index in [1.807, 2.05) is 29.2 Å². The molecule has 2 aromatic rings. The van der Waals surface area contributed by atoms with Crippen LogP contribution in [-0.4, -0.2) is 22.3 Å². The molecule has 0 aliphatic carbocycles. The third-order valence-corrected chi connectivity index (χ3v) is 3.61. The number of rotatable bonds is 2. The van der Waals surface area contributed by atoms with Crippen LogP contribution < -0.4 is 0 Å². The van der Waals surface area contributed by atoms with Crippen molar-refractivity contribution >= 4 is 5.91 Å². The summed E-state index contributed by atoms with van der Waals surface area (Å²) in [6, 6.07) is 14.1. The van der Waals surface area contributed by atoms with Gasteiger partial charge >= 0.3 is 0 Å². The first kappa shape index (κ1) is 11.9. The molecule has 1 saturated heterocycles. The summed E-state index contributed by atoms with van der Waals surface area (Å²) in [6.07, 6.45) is 5.43. The minimum atomic E-state index is 0.0828. The topological polar surface area (TPSA) is 33.2 Å². The Morgan fingerprint density at radius 2 is 2.00 bits per heavy atom. The van der Waals surface area contributed by atoms with Gasteiger partial charge in [0, 0.05) is 18.9 Å². The van der Waals surface area contributed by atoms with Crippen molar-refractivity contribution in [1.29, 1.82) is 0 Å². The van der Waals surface area contributed by atoms with E-state index in [0.29, 0.717) is 5.56 Å². The van der Waals surface area contributed by atoms with E-state index in [-0.39, 0.29) is 11.9 Å². The van der Waals surface area contributed by atoms with Crippen molar-refractivity contribution in [3.05, 3.63) is 66.0 Å². The third kappa shape index (κ3) is 2.36. The number of benzene rings is 1. The molecule has 3 nitrogen and oxygen atoms in total. The number of hydrogen-bond acceptors (Lipinski definition) is 2. The average molecular weight is 252 g/mol. The Kier molecular flexibility index (Phi) is 3.27. The van der Waals surface area contributed by atoms with Gasteiger partial charge in [-0.2, -0.15) is 0 Å². The summed E-state index contributed by atoms with van der Waals surface area (Å²) in [5, 5.41) is 0. The largest absolute Gasteiger partial charge is 0.332 e. The van der Waals surface area contributed by atoms with Gasteiger partial charge in [0.2, 0.25) is 0 Å². The van der Waals surface area contributed by atoms with Crippen LogP contribution >= 0.6 is 0 Å². The maximum Gasteiger partial charge on any atom is 0.255 e. The van der Waals surface area contributed by atoms with Crippen LogP contribution in [0.2, 0.25) is 0 Å². The molecular formula is C16H16N2O. The van der Waals surface area contributed by atoms with Crippen molar-refractivity contribution in [3.63, 3.8) is 0 Å². The predicted octanol–water partition coefficient (Wildman–Crippen LogP) is 3.06. The number of hydrogen-bond donors (Lipinski definition) is 0. The number of carbonyl (C=O) groups is 1. The molecule has 1 aliphatic rings. The zero-order valence-electron chi connectivity index (χ0n) is 10.7. The number of carbonyl (C=O) groups excluding carboxylic acids is 1. The predicted molar refractivity (Wildman–Crippen MR) is 73.7 cm³/mol. The van der Waals surface area contributed by atoms with Gasteiger partial charge in [0.05, 0.1) is 11.6 Å². The van der Waals surface area contributed by atoms with E-state index in [2.05, 4.69) is 17.1 Å². The van der Waals surface area contributed by atoms with E-state index < -0.39 is 0 Å². The molecule has 19 heavy (non-hydrogen) atoms. The van der Waals surface area contributed by atoms with Gasteiger partial charge in [-0.15, -0.1) is 0 Å². The Balaban J connectivity index is 1.86. The highest BCUT2D eigenvalue weighted by molar-refractivity contribution is 5.94. The van der Waals surface area contributed by atoms with Crippen LogP contribution in [0.15, 0.2) is 54.9 Å². The number of amides is 1. The second-order valence-corrected chi connectivity index (χ2v) is 4.81. The lowest BCUT2D eigenvalue weighted by molar-refractivity contribution is 0.0735. The van der Waals surface area contributed by atoms with Crippen molar-refractivity contribution < 1.29 is 4.79 Å². The quantitative estimate of drug-likeness (QED) is 0.823. The van der Waals surface area contributed by atoms with Crippen LogP contribution in [0, 0.1) is 0 Å². The van der Waals surface area contributed by atoms with Crippen LogP contribution in [0.5, 0.6) is 0 Å². The third-order valence-electron chi connectivity index (χ3n) is 3.61. The lowest BCUT2D eigenvalue weighted by atomic mass is 10.0. The first-order chi connectivity index (χ1) is 9.36. The van der Waals surface area contributed by atoms with Crippen LogP contribution in [0.1, 0.15) is 34.8 Å². The van der Waals surface area contributed by atoms with Gasteiger partial charge in [0.25, 0.3) is 5.91 Å². The number of aromatic nitrogens is 1. The molecule has 0 bridgehead atoms. The first-order valence-corrected chi connectivity index (χ1v) is 6.62. The van der Waals surface area contributed by atoms with Gasteiger partial charge in [-0.1, -0.05) is 30.3 Å². The van der Waals surface area contributed by atoms with Crippen LogP contribution in [0.3, 0.4) is 0 Å². The molecule has 1 unspecified atom stereocenters. The molecule has 1 aliphatic heterocycles. The number of nitrogens with zero attached hydrogens (tertiary/aromatic N) is 2. The molecule has 2 heterocycles. The normalized spacial score (nSPS) is 18.5. The highest BCUT2D eigenvalue weighted by Crippen LogP contribution is 2.32. The van der Waals surface area contributed by atoms with Crippen molar-refractivity contribution in [2.75, 3.05) is 6.54 Å². The molecule has 0 spiro atoms. The Morgan fingerprint density at radius 3 is 2.74 bits per heavy atom. The highest BCUT2D eigenvalue weighted by Gasteiger charge is 2.30. The van der Waals surface area contributed by atoms with Gasteiger partial charge in [-0.3, -0.25) is 9.78 Å². The molecule has 0 radical (unpaired) electrons. The van der Waals surface area contributed by atoms with E-state index in [0.717, 1.165) is 19.4 Å². The molecule has 96 valence electrons. The number of likely N-dealkylation sites (tertiary alicyclic amines) is 1. The molecule has 0 saturated carbocycles. The summed E-state index contributed by atoms with van der Waals surface area (Å²) >= 11 is 0. The van der Waals surface area contributed by atoms with Gasteiger partial charge in [-0.05, 0) is 30.5 Å². The second-order valence-electron chi connectivity index (χ2n) is 4.81. The monoisotopic (exact) mass is 252 g/mol. The smallest absolute Gasteiger partial charge is 0.255 e. The SMILES string of the molecule is O=C(c1cccnc1)N1CCCC1c1ccccc1. The van der Waals surface area contributed by atoms with E-state index in [9.17, 15) is 4.79 Å². The Labute approximate surface area is 112 Å². The van der Waals surface area contributed by atoms with Crippen molar-refractivity contribution in [2.45, 2.75) is 18.9 Å². The highest BCUT2D eigenvalue weighted by atomic mass is 16.2.